The Bertz CT molecular complexity index is 631. The van der Waals surface area contributed by atoms with Gasteiger partial charge in [-0.25, -0.2) is 9.48 Å². The van der Waals surface area contributed by atoms with E-state index in [2.05, 4.69) is 10.4 Å². The first-order valence-corrected chi connectivity index (χ1v) is 6.13. The number of hydrogen-bond acceptors (Lipinski definition) is 3. The number of aromatic nitrogens is 2. The maximum Gasteiger partial charge on any atom is 0.354 e. The standard InChI is InChI=1S/C14H15N3O3/c1-9-3-5-11(6-4-9)16-13(18)10(2)17-12(14(19)20)7-8-15-17/h3-8,10H,1-2H3,(H,16,18)(H,19,20). The van der Waals surface area contributed by atoms with Crippen LogP contribution in [0.1, 0.15) is 29.0 Å². The predicted octanol–water partition coefficient (Wildman–Crippen LogP) is 2.09. The van der Waals surface area contributed by atoms with Crippen LogP contribution in [0.3, 0.4) is 0 Å². The van der Waals surface area contributed by atoms with E-state index in [0.717, 1.165) is 5.56 Å². The van der Waals surface area contributed by atoms with Crippen molar-refractivity contribution in [2.75, 3.05) is 5.32 Å². The third-order valence-electron chi connectivity index (χ3n) is 2.95. The van der Waals surface area contributed by atoms with E-state index in [1.807, 2.05) is 19.1 Å². The Morgan fingerprint density at radius 3 is 2.50 bits per heavy atom. The van der Waals surface area contributed by atoms with Gasteiger partial charge in [-0.3, -0.25) is 4.79 Å². The lowest BCUT2D eigenvalue weighted by Gasteiger charge is -2.14. The normalized spacial score (nSPS) is 11.9. The molecule has 104 valence electrons. The maximum atomic E-state index is 12.1. The van der Waals surface area contributed by atoms with Gasteiger partial charge in [0.2, 0.25) is 5.91 Å². The fourth-order valence-electron chi connectivity index (χ4n) is 1.79. The molecule has 1 atom stereocenters. The van der Waals surface area contributed by atoms with Crippen molar-refractivity contribution >= 4 is 17.6 Å². The second-order valence-electron chi connectivity index (χ2n) is 4.50. The van der Waals surface area contributed by atoms with Crippen molar-refractivity contribution in [1.29, 1.82) is 0 Å². The van der Waals surface area contributed by atoms with Crippen LogP contribution in [0.15, 0.2) is 36.5 Å². The first-order chi connectivity index (χ1) is 9.49. The number of carboxylic acids is 1. The summed E-state index contributed by atoms with van der Waals surface area (Å²) in [5, 5.41) is 15.6. The SMILES string of the molecule is Cc1ccc(NC(=O)C(C)n2nccc2C(=O)O)cc1. The zero-order valence-corrected chi connectivity index (χ0v) is 11.2. The molecule has 0 radical (unpaired) electrons. The molecule has 0 fully saturated rings. The predicted molar refractivity (Wildman–Crippen MR) is 73.7 cm³/mol. The summed E-state index contributed by atoms with van der Waals surface area (Å²) in [7, 11) is 0. The van der Waals surface area contributed by atoms with Gasteiger partial charge in [0.1, 0.15) is 11.7 Å². The highest BCUT2D eigenvalue weighted by molar-refractivity contribution is 5.94. The minimum absolute atomic E-state index is 0.0171. The third kappa shape index (κ3) is 2.85. The first kappa shape index (κ1) is 13.8. The maximum absolute atomic E-state index is 12.1. The third-order valence-corrected chi connectivity index (χ3v) is 2.95. The molecule has 1 amide bonds. The highest BCUT2D eigenvalue weighted by Crippen LogP contribution is 2.14. The second kappa shape index (κ2) is 5.56. The Balaban J connectivity index is 2.14. The highest BCUT2D eigenvalue weighted by Gasteiger charge is 2.21. The number of carboxylic acid groups (broad SMARTS) is 1. The van der Waals surface area contributed by atoms with Crippen LogP contribution in [0.25, 0.3) is 0 Å². The molecule has 2 rings (SSSR count). The number of anilines is 1. The van der Waals surface area contributed by atoms with Crippen LogP contribution >= 0.6 is 0 Å². The monoisotopic (exact) mass is 273 g/mol. The molecule has 1 aromatic heterocycles. The summed E-state index contributed by atoms with van der Waals surface area (Å²) in [6.45, 7) is 3.56. The Labute approximate surface area is 116 Å². The Morgan fingerprint density at radius 2 is 1.90 bits per heavy atom. The van der Waals surface area contributed by atoms with Gasteiger partial charge < -0.3 is 10.4 Å². The molecule has 2 aromatic rings. The molecule has 1 aromatic carbocycles. The van der Waals surface area contributed by atoms with Gasteiger partial charge in [0.25, 0.3) is 0 Å². The van der Waals surface area contributed by atoms with Crippen LogP contribution in [0, 0.1) is 6.92 Å². The van der Waals surface area contributed by atoms with Crippen LogP contribution in [0.5, 0.6) is 0 Å². The van der Waals surface area contributed by atoms with Crippen LogP contribution in [-0.2, 0) is 4.79 Å². The Kier molecular flexibility index (Phi) is 3.84. The number of nitrogens with one attached hydrogen (secondary N) is 1. The number of carbonyl (C=O) groups excluding carboxylic acids is 1. The molecule has 6 heteroatoms. The number of carbonyl (C=O) groups is 2. The van der Waals surface area contributed by atoms with Crippen molar-refractivity contribution in [3.63, 3.8) is 0 Å². The lowest BCUT2D eigenvalue weighted by Crippen LogP contribution is -2.26. The van der Waals surface area contributed by atoms with Crippen LogP contribution in [-0.4, -0.2) is 26.8 Å². The number of rotatable bonds is 4. The van der Waals surface area contributed by atoms with Crippen molar-refractivity contribution in [3.8, 4) is 0 Å². The fraction of sp³-hybridized carbons (Fsp3) is 0.214. The van der Waals surface area contributed by atoms with Gasteiger partial charge in [0.15, 0.2) is 0 Å². The molecular formula is C14H15N3O3. The van der Waals surface area contributed by atoms with Crippen molar-refractivity contribution in [2.24, 2.45) is 0 Å². The Morgan fingerprint density at radius 1 is 1.25 bits per heavy atom. The van der Waals surface area contributed by atoms with Gasteiger partial charge in [-0.05, 0) is 32.0 Å². The minimum Gasteiger partial charge on any atom is -0.477 e. The number of hydrogen-bond donors (Lipinski definition) is 2. The summed E-state index contributed by atoms with van der Waals surface area (Å²) in [6, 6.07) is 8.01. The molecule has 0 aliphatic carbocycles. The van der Waals surface area contributed by atoms with Crippen molar-refractivity contribution < 1.29 is 14.7 Å². The second-order valence-corrected chi connectivity index (χ2v) is 4.50. The fourth-order valence-corrected chi connectivity index (χ4v) is 1.79. The van der Waals surface area contributed by atoms with Gasteiger partial charge in [0.05, 0.1) is 0 Å². The Hall–Kier alpha value is -2.63. The van der Waals surface area contributed by atoms with Gasteiger partial charge in [-0.15, -0.1) is 0 Å². The molecule has 20 heavy (non-hydrogen) atoms. The van der Waals surface area contributed by atoms with Gasteiger partial charge >= 0.3 is 5.97 Å². The van der Waals surface area contributed by atoms with E-state index >= 15 is 0 Å². The van der Waals surface area contributed by atoms with Crippen LogP contribution in [0.4, 0.5) is 5.69 Å². The summed E-state index contributed by atoms with van der Waals surface area (Å²) >= 11 is 0. The average molecular weight is 273 g/mol. The molecule has 0 saturated heterocycles. The lowest BCUT2D eigenvalue weighted by atomic mass is 10.2. The molecular weight excluding hydrogens is 258 g/mol. The summed E-state index contributed by atoms with van der Waals surface area (Å²) in [4.78, 5) is 23.1. The zero-order chi connectivity index (χ0) is 14.7. The van der Waals surface area contributed by atoms with E-state index in [-0.39, 0.29) is 11.6 Å². The topological polar surface area (TPSA) is 84.2 Å². The van der Waals surface area contributed by atoms with Crippen LogP contribution < -0.4 is 5.32 Å². The summed E-state index contributed by atoms with van der Waals surface area (Å²) in [5.41, 5.74) is 1.74. The van der Waals surface area contributed by atoms with Gasteiger partial charge in [0, 0.05) is 11.9 Å². The number of aromatic carboxylic acids is 1. The quantitative estimate of drug-likeness (QED) is 0.893. The van der Waals surface area contributed by atoms with E-state index in [9.17, 15) is 9.59 Å². The van der Waals surface area contributed by atoms with Gasteiger partial charge in [-0.1, -0.05) is 17.7 Å². The number of aryl methyl sites for hydroxylation is 1. The molecule has 6 nitrogen and oxygen atoms in total. The number of amides is 1. The van der Waals surface area contributed by atoms with Crippen molar-refractivity contribution in [2.45, 2.75) is 19.9 Å². The highest BCUT2D eigenvalue weighted by atomic mass is 16.4. The zero-order valence-electron chi connectivity index (χ0n) is 11.2. The van der Waals surface area contributed by atoms with E-state index < -0.39 is 12.0 Å². The molecule has 0 aliphatic heterocycles. The van der Waals surface area contributed by atoms with E-state index in [0.29, 0.717) is 5.69 Å². The number of nitrogens with zero attached hydrogens (tertiary/aromatic N) is 2. The molecule has 2 N–H and O–H groups in total. The van der Waals surface area contributed by atoms with E-state index in [1.54, 1.807) is 19.1 Å². The number of benzene rings is 1. The minimum atomic E-state index is -1.11. The van der Waals surface area contributed by atoms with E-state index in [1.165, 1.54) is 16.9 Å². The summed E-state index contributed by atoms with van der Waals surface area (Å²) < 4.78 is 1.19. The summed E-state index contributed by atoms with van der Waals surface area (Å²) in [6.07, 6.45) is 1.36. The molecule has 1 unspecified atom stereocenters. The smallest absolute Gasteiger partial charge is 0.354 e. The molecule has 1 heterocycles. The molecule has 0 spiro atoms. The van der Waals surface area contributed by atoms with E-state index in [4.69, 9.17) is 5.11 Å². The molecule has 0 bridgehead atoms. The molecule has 0 saturated carbocycles. The largest absolute Gasteiger partial charge is 0.477 e. The van der Waals surface area contributed by atoms with Gasteiger partial charge in [-0.2, -0.15) is 5.10 Å². The summed E-state index contributed by atoms with van der Waals surface area (Å²) in [5.74, 6) is -1.43. The van der Waals surface area contributed by atoms with Crippen molar-refractivity contribution in [1.82, 2.24) is 9.78 Å². The van der Waals surface area contributed by atoms with Crippen molar-refractivity contribution in [3.05, 3.63) is 47.8 Å². The lowest BCUT2D eigenvalue weighted by molar-refractivity contribution is -0.119. The molecule has 0 aliphatic rings. The average Bonchev–Trinajstić information content (AvgIpc) is 2.90. The van der Waals surface area contributed by atoms with Crippen LogP contribution in [0.2, 0.25) is 0 Å². The first-order valence-electron chi connectivity index (χ1n) is 6.13.